The van der Waals surface area contributed by atoms with Crippen LogP contribution in [0.25, 0.3) is 0 Å². The van der Waals surface area contributed by atoms with Gasteiger partial charge < -0.3 is 4.90 Å². The zero-order valence-corrected chi connectivity index (χ0v) is 8.39. The third kappa shape index (κ3) is 1.79. The lowest BCUT2D eigenvalue weighted by Crippen LogP contribution is -2.16. The number of aryl methyl sites for hydroxylation is 2. The van der Waals surface area contributed by atoms with E-state index >= 15 is 0 Å². The first-order valence-corrected chi connectivity index (χ1v) is 4.43. The van der Waals surface area contributed by atoms with Gasteiger partial charge in [-0.2, -0.15) is 0 Å². The van der Waals surface area contributed by atoms with Gasteiger partial charge in [-0.05, 0) is 38.0 Å². The Labute approximate surface area is 75.0 Å². The first kappa shape index (κ1) is 9.11. The topological polar surface area (TPSA) is 3.24 Å². The van der Waals surface area contributed by atoms with Gasteiger partial charge >= 0.3 is 0 Å². The molecule has 0 spiro atoms. The summed E-state index contributed by atoms with van der Waals surface area (Å²) in [5.74, 6) is 0. The highest BCUT2D eigenvalue weighted by atomic mass is 15.1. The molecule has 1 nitrogen and oxygen atoms in total. The third-order valence-electron chi connectivity index (χ3n) is 2.25. The van der Waals surface area contributed by atoms with Gasteiger partial charge in [0.05, 0.1) is 0 Å². The molecule has 0 N–H and O–H groups in total. The second-order valence-electron chi connectivity index (χ2n) is 3.30. The molecule has 0 bridgehead atoms. The van der Waals surface area contributed by atoms with E-state index < -0.39 is 0 Å². The van der Waals surface area contributed by atoms with E-state index in [4.69, 9.17) is 0 Å². The van der Waals surface area contributed by atoms with Crippen LogP contribution in [-0.4, -0.2) is 13.6 Å². The second-order valence-corrected chi connectivity index (χ2v) is 3.30. The Morgan fingerprint density at radius 3 is 2.50 bits per heavy atom. The molecule has 1 aromatic carbocycles. The van der Waals surface area contributed by atoms with Crippen LogP contribution in [0.2, 0.25) is 0 Å². The van der Waals surface area contributed by atoms with Gasteiger partial charge in [-0.15, -0.1) is 0 Å². The van der Waals surface area contributed by atoms with Crippen molar-refractivity contribution in [3.63, 3.8) is 0 Å². The van der Waals surface area contributed by atoms with Crippen molar-refractivity contribution in [2.45, 2.75) is 20.8 Å². The predicted molar refractivity (Wildman–Crippen MR) is 54.9 cm³/mol. The van der Waals surface area contributed by atoms with Crippen molar-refractivity contribution >= 4 is 5.69 Å². The highest BCUT2D eigenvalue weighted by Gasteiger charge is 2.01. The Balaban J connectivity index is 3.04. The summed E-state index contributed by atoms with van der Waals surface area (Å²) in [6, 6.07) is 6.57. The molecule has 0 atom stereocenters. The van der Waals surface area contributed by atoms with E-state index in [-0.39, 0.29) is 0 Å². The predicted octanol–water partition coefficient (Wildman–Crippen LogP) is 2.76. The van der Waals surface area contributed by atoms with Gasteiger partial charge in [-0.3, -0.25) is 0 Å². The molecular weight excluding hydrogens is 146 g/mol. The molecule has 0 aliphatic rings. The van der Waals surface area contributed by atoms with Crippen LogP contribution < -0.4 is 4.90 Å². The van der Waals surface area contributed by atoms with Crippen molar-refractivity contribution in [3.8, 4) is 0 Å². The number of benzene rings is 1. The molecular formula is C11H17N. The molecule has 0 aliphatic heterocycles. The summed E-state index contributed by atoms with van der Waals surface area (Å²) in [5, 5.41) is 0. The van der Waals surface area contributed by atoms with Gasteiger partial charge in [0.1, 0.15) is 0 Å². The fraction of sp³-hybridized carbons (Fsp3) is 0.455. The minimum absolute atomic E-state index is 1.06. The van der Waals surface area contributed by atoms with E-state index in [1.807, 2.05) is 0 Å². The van der Waals surface area contributed by atoms with Crippen molar-refractivity contribution < 1.29 is 0 Å². The summed E-state index contributed by atoms with van der Waals surface area (Å²) in [5.41, 5.74) is 4.03. The molecule has 0 fully saturated rings. The van der Waals surface area contributed by atoms with Crippen LogP contribution in [0, 0.1) is 13.8 Å². The van der Waals surface area contributed by atoms with Gasteiger partial charge in [-0.25, -0.2) is 0 Å². The molecule has 0 radical (unpaired) electrons. The van der Waals surface area contributed by atoms with Crippen LogP contribution >= 0.6 is 0 Å². The molecule has 1 rings (SSSR count). The summed E-state index contributed by atoms with van der Waals surface area (Å²) >= 11 is 0. The maximum atomic E-state index is 2.27. The summed E-state index contributed by atoms with van der Waals surface area (Å²) in [4.78, 5) is 2.27. The molecule has 0 unspecified atom stereocenters. The number of nitrogens with zero attached hydrogens (tertiary/aromatic N) is 1. The van der Waals surface area contributed by atoms with Gasteiger partial charge in [0.25, 0.3) is 0 Å². The SMILES string of the molecule is CCN(C)c1cc(C)ccc1C. The third-order valence-corrected chi connectivity index (χ3v) is 2.25. The highest BCUT2D eigenvalue weighted by Crippen LogP contribution is 2.19. The molecule has 1 heteroatoms. The lowest BCUT2D eigenvalue weighted by molar-refractivity contribution is 0.959. The fourth-order valence-electron chi connectivity index (χ4n) is 1.30. The summed E-state index contributed by atoms with van der Waals surface area (Å²) in [6.45, 7) is 7.51. The Kier molecular flexibility index (Phi) is 2.74. The van der Waals surface area contributed by atoms with E-state index in [1.54, 1.807) is 0 Å². The molecule has 12 heavy (non-hydrogen) atoms. The van der Waals surface area contributed by atoms with Crippen molar-refractivity contribution in [2.75, 3.05) is 18.5 Å². The molecule has 0 aliphatic carbocycles. The first-order valence-electron chi connectivity index (χ1n) is 4.43. The molecule has 0 aromatic heterocycles. The highest BCUT2D eigenvalue weighted by molar-refractivity contribution is 5.54. The van der Waals surface area contributed by atoms with E-state index in [0.717, 1.165) is 6.54 Å². The Hall–Kier alpha value is -0.980. The summed E-state index contributed by atoms with van der Waals surface area (Å²) in [7, 11) is 2.13. The van der Waals surface area contributed by atoms with Crippen LogP contribution in [0.3, 0.4) is 0 Å². The average Bonchev–Trinajstić information content (AvgIpc) is 2.08. The number of rotatable bonds is 2. The second kappa shape index (κ2) is 3.61. The molecule has 0 heterocycles. The van der Waals surface area contributed by atoms with Crippen LogP contribution in [0.15, 0.2) is 18.2 Å². The maximum Gasteiger partial charge on any atom is 0.0395 e. The van der Waals surface area contributed by atoms with Crippen LogP contribution in [0.1, 0.15) is 18.1 Å². The van der Waals surface area contributed by atoms with Gasteiger partial charge in [-0.1, -0.05) is 12.1 Å². The zero-order valence-electron chi connectivity index (χ0n) is 8.39. The lowest BCUT2D eigenvalue weighted by Gasteiger charge is -2.19. The van der Waals surface area contributed by atoms with Gasteiger partial charge in [0, 0.05) is 19.3 Å². The van der Waals surface area contributed by atoms with E-state index in [0.29, 0.717) is 0 Å². The monoisotopic (exact) mass is 163 g/mol. The fourth-order valence-corrected chi connectivity index (χ4v) is 1.30. The number of hydrogen-bond donors (Lipinski definition) is 0. The average molecular weight is 163 g/mol. The Morgan fingerprint density at radius 1 is 1.25 bits per heavy atom. The molecule has 0 amide bonds. The van der Waals surface area contributed by atoms with Crippen molar-refractivity contribution in [1.29, 1.82) is 0 Å². The first-order chi connectivity index (χ1) is 5.65. The number of anilines is 1. The van der Waals surface area contributed by atoms with E-state index in [1.165, 1.54) is 16.8 Å². The standard InChI is InChI=1S/C11H17N/c1-5-12(4)11-8-9(2)6-7-10(11)3/h6-8H,5H2,1-4H3. The van der Waals surface area contributed by atoms with Crippen molar-refractivity contribution in [1.82, 2.24) is 0 Å². The van der Waals surface area contributed by atoms with E-state index in [2.05, 4.69) is 50.9 Å². The molecule has 0 saturated heterocycles. The smallest absolute Gasteiger partial charge is 0.0395 e. The largest absolute Gasteiger partial charge is 0.375 e. The van der Waals surface area contributed by atoms with Crippen LogP contribution in [0.4, 0.5) is 5.69 Å². The Morgan fingerprint density at radius 2 is 1.92 bits per heavy atom. The maximum absolute atomic E-state index is 2.27. The number of hydrogen-bond acceptors (Lipinski definition) is 1. The van der Waals surface area contributed by atoms with Crippen LogP contribution in [0.5, 0.6) is 0 Å². The summed E-state index contributed by atoms with van der Waals surface area (Å²) < 4.78 is 0. The molecule has 1 aromatic rings. The molecule has 66 valence electrons. The quantitative estimate of drug-likeness (QED) is 0.648. The lowest BCUT2D eigenvalue weighted by atomic mass is 10.1. The normalized spacial score (nSPS) is 10.0. The zero-order chi connectivity index (χ0) is 9.14. The van der Waals surface area contributed by atoms with E-state index in [9.17, 15) is 0 Å². The van der Waals surface area contributed by atoms with Crippen molar-refractivity contribution in [3.05, 3.63) is 29.3 Å². The van der Waals surface area contributed by atoms with Gasteiger partial charge in [0.15, 0.2) is 0 Å². The minimum atomic E-state index is 1.06. The molecule has 0 saturated carbocycles. The van der Waals surface area contributed by atoms with Crippen LogP contribution in [-0.2, 0) is 0 Å². The van der Waals surface area contributed by atoms with Gasteiger partial charge in [0.2, 0.25) is 0 Å². The minimum Gasteiger partial charge on any atom is -0.375 e. The van der Waals surface area contributed by atoms with Crippen molar-refractivity contribution in [2.24, 2.45) is 0 Å². The summed E-state index contributed by atoms with van der Waals surface area (Å²) in [6.07, 6.45) is 0. The Bertz CT molecular complexity index is 266.